The van der Waals surface area contributed by atoms with Crippen LogP contribution in [-0.2, 0) is 19.4 Å². The minimum atomic E-state index is -3.38. The predicted molar refractivity (Wildman–Crippen MR) is 88.8 cm³/mol. The van der Waals surface area contributed by atoms with Crippen LogP contribution < -0.4 is 5.32 Å². The molecule has 8 heteroatoms. The Balaban J connectivity index is 1.68. The summed E-state index contributed by atoms with van der Waals surface area (Å²) in [6, 6.07) is 6.57. The van der Waals surface area contributed by atoms with Crippen molar-refractivity contribution in [2.45, 2.75) is 17.7 Å². The van der Waals surface area contributed by atoms with Gasteiger partial charge in [0.2, 0.25) is 5.91 Å². The topological polar surface area (TPSA) is 90.3 Å². The highest BCUT2D eigenvalue weighted by Crippen LogP contribution is 2.28. The number of nitrogens with zero attached hydrogens (tertiary/aromatic N) is 2. The summed E-state index contributed by atoms with van der Waals surface area (Å²) in [6.45, 7) is 0.621. The van der Waals surface area contributed by atoms with Crippen LogP contribution in [0.15, 0.2) is 41.6 Å². The van der Waals surface area contributed by atoms with Crippen LogP contribution >= 0.6 is 0 Å². The number of rotatable bonds is 7. The van der Waals surface area contributed by atoms with E-state index in [1.54, 1.807) is 24.4 Å². The molecular formula is C16H19N3O4S. The molecule has 0 aliphatic heterocycles. The van der Waals surface area contributed by atoms with Gasteiger partial charge in [-0.05, 0) is 30.9 Å². The number of ether oxygens (including phenoxy) is 1. The monoisotopic (exact) mass is 349 g/mol. The van der Waals surface area contributed by atoms with E-state index in [1.165, 1.54) is 29.8 Å². The quantitative estimate of drug-likeness (QED) is 0.821. The molecule has 0 atom stereocenters. The van der Waals surface area contributed by atoms with Gasteiger partial charge in [0, 0.05) is 6.26 Å². The van der Waals surface area contributed by atoms with Gasteiger partial charge < -0.3 is 10.1 Å². The van der Waals surface area contributed by atoms with Crippen LogP contribution in [0.2, 0.25) is 0 Å². The van der Waals surface area contributed by atoms with Crippen molar-refractivity contribution in [3.05, 3.63) is 36.7 Å². The number of aromatic nitrogens is 2. The maximum absolute atomic E-state index is 11.9. The Hall–Kier alpha value is -2.19. The number of carbonyl (C=O) groups is 1. The summed E-state index contributed by atoms with van der Waals surface area (Å²) in [5.74, 6) is 0.347. The van der Waals surface area contributed by atoms with Gasteiger partial charge in [0.25, 0.3) is 0 Å². The van der Waals surface area contributed by atoms with Gasteiger partial charge in [0.05, 0.1) is 35.3 Å². The van der Waals surface area contributed by atoms with Crippen LogP contribution in [0.3, 0.4) is 0 Å². The lowest BCUT2D eigenvalue weighted by molar-refractivity contribution is -0.120. The predicted octanol–water partition coefficient (Wildman–Crippen LogP) is 1.64. The molecule has 0 bridgehead atoms. The molecule has 2 aromatic rings. The number of anilines is 1. The molecule has 1 N–H and O–H groups in total. The number of nitrogens with one attached hydrogen (secondary N) is 1. The summed E-state index contributed by atoms with van der Waals surface area (Å²) in [5, 5.41) is 6.82. The largest absolute Gasteiger partial charge is 0.371 e. The average Bonchev–Trinajstić information content (AvgIpc) is 3.23. The number of benzene rings is 1. The Morgan fingerprint density at radius 1 is 1.38 bits per heavy atom. The van der Waals surface area contributed by atoms with E-state index in [-0.39, 0.29) is 17.4 Å². The first-order valence-corrected chi connectivity index (χ1v) is 9.54. The molecule has 1 aliphatic rings. The molecule has 1 heterocycles. The first kappa shape index (κ1) is 16.7. The smallest absolute Gasteiger partial charge is 0.250 e. The molecule has 0 radical (unpaired) electrons. The number of hydrogen-bond donors (Lipinski definition) is 1. The van der Waals surface area contributed by atoms with Crippen molar-refractivity contribution in [3.8, 4) is 5.69 Å². The fourth-order valence-electron chi connectivity index (χ4n) is 2.28. The van der Waals surface area contributed by atoms with Crippen molar-refractivity contribution in [3.63, 3.8) is 0 Å². The second kappa shape index (κ2) is 6.74. The normalized spacial score (nSPS) is 14.5. The van der Waals surface area contributed by atoms with E-state index in [4.69, 9.17) is 4.74 Å². The molecule has 1 aromatic heterocycles. The molecule has 0 unspecified atom stereocenters. The summed E-state index contributed by atoms with van der Waals surface area (Å²) in [5.41, 5.74) is 0.920. The number of carbonyl (C=O) groups excluding carboxylic acids is 1. The van der Waals surface area contributed by atoms with Gasteiger partial charge in [-0.2, -0.15) is 5.10 Å². The van der Waals surface area contributed by atoms with Crippen molar-refractivity contribution < 1.29 is 17.9 Å². The Morgan fingerprint density at radius 2 is 2.12 bits per heavy atom. The Bertz CT molecular complexity index is 841. The molecule has 0 saturated heterocycles. The molecule has 7 nitrogen and oxygen atoms in total. The van der Waals surface area contributed by atoms with Gasteiger partial charge in [0.15, 0.2) is 9.84 Å². The second-order valence-electron chi connectivity index (χ2n) is 5.92. The van der Waals surface area contributed by atoms with E-state index in [0.29, 0.717) is 23.9 Å². The summed E-state index contributed by atoms with van der Waals surface area (Å²) < 4.78 is 30.5. The van der Waals surface area contributed by atoms with Gasteiger partial charge in [0.1, 0.15) is 6.61 Å². The summed E-state index contributed by atoms with van der Waals surface area (Å²) >= 11 is 0. The van der Waals surface area contributed by atoms with Crippen LogP contribution in [0.5, 0.6) is 0 Å². The zero-order chi connectivity index (χ0) is 17.2. The maximum atomic E-state index is 11.9. The molecule has 1 aromatic carbocycles. The summed E-state index contributed by atoms with van der Waals surface area (Å²) in [4.78, 5) is 12.0. The Morgan fingerprint density at radius 3 is 2.83 bits per heavy atom. The molecule has 1 aliphatic carbocycles. The summed E-state index contributed by atoms with van der Waals surface area (Å²) in [7, 11) is -3.38. The van der Waals surface area contributed by atoms with E-state index in [2.05, 4.69) is 10.4 Å². The fourth-order valence-corrected chi connectivity index (χ4v) is 3.15. The van der Waals surface area contributed by atoms with Crippen molar-refractivity contribution in [2.75, 3.05) is 24.8 Å². The van der Waals surface area contributed by atoms with Crippen molar-refractivity contribution in [2.24, 2.45) is 5.92 Å². The second-order valence-corrected chi connectivity index (χ2v) is 7.90. The molecule has 1 saturated carbocycles. The van der Waals surface area contributed by atoms with Gasteiger partial charge in [-0.25, -0.2) is 13.1 Å². The van der Waals surface area contributed by atoms with Crippen molar-refractivity contribution in [1.82, 2.24) is 9.78 Å². The van der Waals surface area contributed by atoms with E-state index in [1.807, 2.05) is 0 Å². The highest BCUT2D eigenvalue weighted by Gasteiger charge is 2.21. The minimum Gasteiger partial charge on any atom is -0.371 e. The van der Waals surface area contributed by atoms with E-state index >= 15 is 0 Å². The number of sulfone groups is 1. The highest BCUT2D eigenvalue weighted by atomic mass is 32.2. The lowest BCUT2D eigenvalue weighted by Crippen LogP contribution is -2.18. The lowest BCUT2D eigenvalue weighted by Gasteiger charge is -2.07. The van der Waals surface area contributed by atoms with Gasteiger partial charge in [-0.3, -0.25) is 4.79 Å². The zero-order valence-corrected chi connectivity index (χ0v) is 14.1. The van der Waals surface area contributed by atoms with Crippen LogP contribution in [0.1, 0.15) is 12.8 Å². The molecule has 1 amide bonds. The Labute approximate surface area is 140 Å². The SMILES string of the molecule is CS(=O)(=O)c1ccccc1-n1cc(NC(=O)COCC2CC2)cn1. The van der Waals surface area contributed by atoms with Crippen LogP contribution in [0, 0.1) is 5.92 Å². The molecule has 0 spiro atoms. The third kappa shape index (κ3) is 4.21. The molecular weight excluding hydrogens is 330 g/mol. The van der Waals surface area contributed by atoms with Crippen LogP contribution in [0.4, 0.5) is 5.69 Å². The first-order valence-electron chi connectivity index (χ1n) is 7.65. The van der Waals surface area contributed by atoms with E-state index in [0.717, 1.165) is 6.26 Å². The van der Waals surface area contributed by atoms with Crippen LogP contribution in [0.25, 0.3) is 5.69 Å². The third-order valence-corrected chi connectivity index (χ3v) is 4.81. The van der Waals surface area contributed by atoms with Crippen molar-refractivity contribution >= 4 is 21.4 Å². The van der Waals surface area contributed by atoms with Crippen LogP contribution in [-0.4, -0.2) is 43.6 Å². The standard InChI is InChI=1S/C16H19N3O4S/c1-24(21,22)15-5-3-2-4-14(15)19-9-13(8-17-19)18-16(20)11-23-10-12-6-7-12/h2-5,8-9,12H,6-7,10-11H2,1H3,(H,18,20). The molecule has 128 valence electrons. The molecule has 1 fully saturated rings. The lowest BCUT2D eigenvalue weighted by atomic mass is 10.3. The van der Waals surface area contributed by atoms with E-state index < -0.39 is 9.84 Å². The van der Waals surface area contributed by atoms with E-state index in [9.17, 15) is 13.2 Å². The van der Waals surface area contributed by atoms with Crippen molar-refractivity contribution in [1.29, 1.82) is 0 Å². The first-order chi connectivity index (χ1) is 11.4. The van der Waals surface area contributed by atoms with Gasteiger partial charge in [-0.1, -0.05) is 12.1 Å². The molecule has 24 heavy (non-hydrogen) atoms. The fraction of sp³-hybridized carbons (Fsp3) is 0.375. The highest BCUT2D eigenvalue weighted by molar-refractivity contribution is 7.90. The molecule has 3 rings (SSSR count). The third-order valence-electron chi connectivity index (χ3n) is 3.66. The van der Waals surface area contributed by atoms with Gasteiger partial charge >= 0.3 is 0 Å². The average molecular weight is 349 g/mol. The number of amides is 1. The summed E-state index contributed by atoms with van der Waals surface area (Å²) in [6.07, 6.45) is 6.54. The van der Waals surface area contributed by atoms with Gasteiger partial charge in [-0.15, -0.1) is 0 Å². The number of para-hydroxylation sites is 1. The minimum absolute atomic E-state index is 0.00159. The zero-order valence-electron chi connectivity index (χ0n) is 13.3. The maximum Gasteiger partial charge on any atom is 0.250 e. The number of hydrogen-bond acceptors (Lipinski definition) is 5. The Kier molecular flexibility index (Phi) is 4.68.